The molecule has 0 aliphatic carbocycles. The smallest absolute Gasteiger partial charge is 0.253 e. The summed E-state index contributed by atoms with van der Waals surface area (Å²) in [6, 6.07) is 3.70. The van der Waals surface area contributed by atoms with Gasteiger partial charge in [0, 0.05) is 18.4 Å². The van der Waals surface area contributed by atoms with Gasteiger partial charge in [0.15, 0.2) is 11.5 Å². The van der Waals surface area contributed by atoms with Crippen LogP contribution in [0.1, 0.15) is 18.4 Å². The summed E-state index contributed by atoms with van der Waals surface area (Å²) in [5.41, 5.74) is 1.71. The Morgan fingerprint density at radius 3 is 2.63 bits per heavy atom. The van der Waals surface area contributed by atoms with E-state index in [2.05, 4.69) is 5.32 Å². The van der Waals surface area contributed by atoms with Gasteiger partial charge in [-0.1, -0.05) is 0 Å². The molecule has 1 unspecified atom stereocenters. The molecule has 2 heterocycles. The van der Waals surface area contributed by atoms with Gasteiger partial charge in [0.05, 0.1) is 0 Å². The molecule has 3 rings (SSSR count). The Bertz CT molecular complexity index is 494. The van der Waals surface area contributed by atoms with E-state index in [1.165, 1.54) is 0 Å². The van der Waals surface area contributed by atoms with Crippen LogP contribution < -0.4 is 14.8 Å². The number of benzene rings is 1. The number of aryl methyl sites for hydroxylation is 1. The SMILES string of the molecule is Cc1cc2c(cc1NC(=O)C1CCCO1)OCCO2. The number of fused-ring (bicyclic) bond motifs is 1. The van der Waals surface area contributed by atoms with Crippen LogP contribution in [-0.4, -0.2) is 31.8 Å². The molecule has 0 radical (unpaired) electrons. The van der Waals surface area contributed by atoms with Crippen LogP contribution in [-0.2, 0) is 9.53 Å². The molecule has 1 atom stereocenters. The van der Waals surface area contributed by atoms with Gasteiger partial charge in [0.25, 0.3) is 5.91 Å². The third-order valence-corrected chi connectivity index (χ3v) is 3.37. The lowest BCUT2D eigenvalue weighted by molar-refractivity contribution is -0.124. The van der Waals surface area contributed by atoms with Crippen LogP contribution in [0.3, 0.4) is 0 Å². The van der Waals surface area contributed by atoms with Gasteiger partial charge in [-0.2, -0.15) is 0 Å². The molecule has 0 bridgehead atoms. The maximum absolute atomic E-state index is 12.0. The van der Waals surface area contributed by atoms with Crippen LogP contribution in [0.4, 0.5) is 5.69 Å². The molecule has 102 valence electrons. The summed E-state index contributed by atoms with van der Waals surface area (Å²) < 4.78 is 16.4. The van der Waals surface area contributed by atoms with E-state index in [1.807, 2.05) is 19.1 Å². The molecule has 1 aromatic carbocycles. The average molecular weight is 263 g/mol. The quantitative estimate of drug-likeness (QED) is 0.885. The minimum atomic E-state index is -0.326. The minimum absolute atomic E-state index is 0.0859. The monoisotopic (exact) mass is 263 g/mol. The fraction of sp³-hybridized carbons (Fsp3) is 0.500. The average Bonchev–Trinajstić information content (AvgIpc) is 2.93. The summed E-state index contributed by atoms with van der Waals surface area (Å²) in [5.74, 6) is 1.33. The van der Waals surface area contributed by atoms with Crippen LogP contribution in [0.5, 0.6) is 11.5 Å². The third kappa shape index (κ3) is 2.51. The molecule has 1 saturated heterocycles. The summed E-state index contributed by atoms with van der Waals surface area (Å²) >= 11 is 0. The highest BCUT2D eigenvalue weighted by Gasteiger charge is 2.24. The molecule has 0 spiro atoms. The van der Waals surface area contributed by atoms with Gasteiger partial charge in [-0.05, 0) is 31.4 Å². The highest BCUT2D eigenvalue weighted by Crippen LogP contribution is 2.35. The van der Waals surface area contributed by atoms with E-state index < -0.39 is 0 Å². The number of carbonyl (C=O) groups is 1. The van der Waals surface area contributed by atoms with E-state index >= 15 is 0 Å². The van der Waals surface area contributed by atoms with Gasteiger partial charge in [-0.3, -0.25) is 4.79 Å². The van der Waals surface area contributed by atoms with Crippen LogP contribution in [0.2, 0.25) is 0 Å². The molecule has 1 fully saturated rings. The second-order valence-electron chi connectivity index (χ2n) is 4.80. The van der Waals surface area contributed by atoms with Crippen molar-refractivity contribution in [2.75, 3.05) is 25.1 Å². The molecular formula is C14H17NO4. The van der Waals surface area contributed by atoms with Gasteiger partial charge in [0.1, 0.15) is 19.3 Å². The predicted molar refractivity (Wildman–Crippen MR) is 69.8 cm³/mol. The number of nitrogens with one attached hydrogen (secondary N) is 1. The zero-order valence-corrected chi connectivity index (χ0v) is 10.9. The maximum Gasteiger partial charge on any atom is 0.253 e. The Morgan fingerprint density at radius 1 is 1.21 bits per heavy atom. The van der Waals surface area contributed by atoms with Gasteiger partial charge in [-0.25, -0.2) is 0 Å². The summed E-state index contributed by atoms with van der Waals surface area (Å²) in [5, 5.41) is 2.90. The fourth-order valence-corrected chi connectivity index (χ4v) is 2.32. The van der Waals surface area contributed by atoms with Crippen LogP contribution in [0.15, 0.2) is 12.1 Å². The Labute approximate surface area is 111 Å². The van der Waals surface area contributed by atoms with Gasteiger partial charge < -0.3 is 19.5 Å². The molecule has 5 nitrogen and oxygen atoms in total. The molecule has 0 saturated carbocycles. The standard InChI is InChI=1S/C14H17NO4/c1-9-7-12-13(19-6-5-18-12)8-10(9)15-14(16)11-3-2-4-17-11/h7-8,11H,2-6H2,1H3,(H,15,16). The third-order valence-electron chi connectivity index (χ3n) is 3.37. The number of carbonyl (C=O) groups excluding carboxylic acids is 1. The Balaban J connectivity index is 1.78. The first-order chi connectivity index (χ1) is 9.24. The summed E-state index contributed by atoms with van der Waals surface area (Å²) in [6.07, 6.45) is 1.40. The van der Waals surface area contributed by atoms with Crippen molar-refractivity contribution in [2.45, 2.75) is 25.9 Å². The Hall–Kier alpha value is -1.75. The van der Waals surface area contributed by atoms with Crippen LogP contribution in [0, 0.1) is 6.92 Å². The Morgan fingerprint density at radius 2 is 1.95 bits per heavy atom. The summed E-state index contributed by atoms with van der Waals surface area (Å²) in [6.45, 7) is 3.70. The lowest BCUT2D eigenvalue weighted by atomic mass is 10.1. The van der Waals surface area contributed by atoms with E-state index in [0.717, 1.165) is 29.8 Å². The first-order valence-corrected chi connectivity index (χ1v) is 6.57. The largest absolute Gasteiger partial charge is 0.486 e. The lowest BCUT2D eigenvalue weighted by Crippen LogP contribution is -2.27. The molecule has 1 amide bonds. The zero-order chi connectivity index (χ0) is 13.2. The highest BCUT2D eigenvalue weighted by molar-refractivity contribution is 5.95. The van der Waals surface area contributed by atoms with E-state index in [9.17, 15) is 4.79 Å². The summed E-state index contributed by atoms with van der Waals surface area (Å²) in [7, 11) is 0. The normalized spacial score (nSPS) is 21.2. The topological polar surface area (TPSA) is 56.8 Å². The van der Waals surface area contributed by atoms with Crippen LogP contribution >= 0.6 is 0 Å². The van der Waals surface area contributed by atoms with E-state index in [0.29, 0.717) is 25.6 Å². The van der Waals surface area contributed by atoms with Crippen molar-refractivity contribution in [1.29, 1.82) is 0 Å². The zero-order valence-electron chi connectivity index (χ0n) is 10.9. The molecule has 5 heteroatoms. The van der Waals surface area contributed by atoms with Crippen molar-refractivity contribution in [2.24, 2.45) is 0 Å². The van der Waals surface area contributed by atoms with Crippen molar-refractivity contribution in [3.05, 3.63) is 17.7 Å². The summed E-state index contributed by atoms with van der Waals surface area (Å²) in [4.78, 5) is 12.0. The molecule has 0 aromatic heterocycles. The van der Waals surface area contributed by atoms with E-state index in [4.69, 9.17) is 14.2 Å². The second-order valence-corrected chi connectivity index (χ2v) is 4.80. The van der Waals surface area contributed by atoms with Crippen molar-refractivity contribution in [1.82, 2.24) is 0 Å². The van der Waals surface area contributed by atoms with Crippen molar-refractivity contribution in [3.63, 3.8) is 0 Å². The Kier molecular flexibility index (Phi) is 3.29. The van der Waals surface area contributed by atoms with E-state index in [1.54, 1.807) is 0 Å². The maximum atomic E-state index is 12.0. The number of amides is 1. The molecular weight excluding hydrogens is 246 g/mol. The van der Waals surface area contributed by atoms with Gasteiger partial charge >= 0.3 is 0 Å². The first-order valence-electron chi connectivity index (χ1n) is 6.57. The van der Waals surface area contributed by atoms with Gasteiger partial charge in [-0.15, -0.1) is 0 Å². The fourth-order valence-electron chi connectivity index (χ4n) is 2.32. The van der Waals surface area contributed by atoms with Crippen LogP contribution in [0.25, 0.3) is 0 Å². The van der Waals surface area contributed by atoms with Gasteiger partial charge in [0.2, 0.25) is 0 Å². The molecule has 19 heavy (non-hydrogen) atoms. The number of hydrogen-bond donors (Lipinski definition) is 1. The van der Waals surface area contributed by atoms with Crippen molar-refractivity contribution >= 4 is 11.6 Å². The lowest BCUT2D eigenvalue weighted by Gasteiger charge is -2.21. The van der Waals surface area contributed by atoms with E-state index in [-0.39, 0.29) is 12.0 Å². The second kappa shape index (κ2) is 5.09. The van der Waals surface area contributed by atoms with Crippen molar-refractivity contribution < 1.29 is 19.0 Å². The number of anilines is 1. The molecule has 1 aromatic rings. The number of ether oxygens (including phenoxy) is 3. The molecule has 2 aliphatic rings. The first kappa shape index (κ1) is 12.3. The number of hydrogen-bond acceptors (Lipinski definition) is 4. The van der Waals surface area contributed by atoms with Crippen molar-refractivity contribution in [3.8, 4) is 11.5 Å². The number of rotatable bonds is 2. The highest BCUT2D eigenvalue weighted by atomic mass is 16.6. The minimum Gasteiger partial charge on any atom is -0.486 e. The predicted octanol–water partition coefficient (Wildman–Crippen LogP) is 1.88. The molecule has 2 aliphatic heterocycles. The molecule has 1 N–H and O–H groups in total.